The molecule has 0 spiro atoms. The second-order valence-corrected chi connectivity index (χ2v) is 3.60. The van der Waals surface area contributed by atoms with Gasteiger partial charge in [-0.15, -0.1) is 0 Å². The summed E-state index contributed by atoms with van der Waals surface area (Å²) in [5, 5.41) is 8.77. The van der Waals surface area contributed by atoms with E-state index in [4.69, 9.17) is 11.0 Å². The first-order chi connectivity index (χ1) is 5.49. The lowest BCUT2D eigenvalue weighted by Gasteiger charge is -2.24. The SMILES string of the molecule is CC/C(C#N)=C(\N)C(C)(C)CC. The van der Waals surface area contributed by atoms with E-state index in [2.05, 4.69) is 26.8 Å². The molecule has 0 bridgehead atoms. The second-order valence-electron chi connectivity index (χ2n) is 3.60. The monoisotopic (exact) mass is 166 g/mol. The molecule has 0 aliphatic rings. The van der Waals surface area contributed by atoms with Gasteiger partial charge in [-0.3, -0.25) is 0 Å². The zero-order chi connectivity index (χ0) is 9.78. The minimum Gasteiger partial charge on any atom is -0.401 e. The number of nitrogens with zero attached hydrogens (tertiary/aromatic N) is 1. The van der Waals surface area contributed by atoms with Crippen LogP contribution in [0.15, 0.2) is 11.3 Å². The highest BCUT2D eigenvalue weighted by atomic mass is 14.6. The van der Waals surface area contributed by atoms with Gasteiger partial charge in [-0.2, -0.15) is 5.26 Å². The van der Waals surface area contributed by atoms with E-state index in [1.165, 1.54) is 0 Å². The normalized spacial score (nSPS) is 13.6. The first-order valence-corrected chi connectivity index (χ1v) is 4.38. The van der Waals surface area contributed by atoms with Crippen LogP contribution in [0.3, 0.4) is 0 Å². The van der Waals surface area contributed by atoms with Gasteiger partial charge < -0.3 is 5.73 Å². The Kier molecular flexibility index (Phi) is 3.82. The predicted molar refractivity (Wildman–Crippen MR) is 51.2 cm³/mol. The van der Waals surface area contributed by atoms with Crippen molar-refractivity contribution in [3.63, 3.8) is 0 Å². The summed E-state index contributed by atoms with van der Waals surface area (Å²) in [5.41, 5.74) is 7.31. The van der Waals surface area contributed by atoms with E-state index >= 15 is 0 Å². The van der Waals surface area contributed by atoms with Crippen LogP contribution in [0.5, 0.6) is 0 Å². The fraction of sp³-hybridized carbons (Fsp3) is 0.700. The average Bonchev–Trinajstić information content (AvgIpc) is 2.06. The van der Waals surface area contributed by atoms with E-state index in [0.29, 0.717) is 0 Å². The molecule has 0 radical (unpaired) electrons. The smallest absolute Gasteiger partial charge is 0.0965 e. The molecule has 2 nitrogen and oxygen atoms in total. The molecule has 12 heavy (non-hydrogen) atoms. The summed E-state index contributed by atoms with van der Waals surface area (Å²) in [5.74, 6) is 0. The third kappa shape index (κ3) is 2.27. The molecule has 0 aromatic rings. The van der Waals surface area contributed by atoms with Crippen molar-refractivity contribution in [2.24, 2.45) is 11.1 Å². The van der Waals surface area contributed by atoms with Crippen LogP contribution in [0.1, 0.15) is 40.5 Å². The highest BCUT2D eigenvalue weighted by Crippen LogP contribution is 2.28. The van der Waals surface area contributed by atoms with E-state index in [0.717, 1.165) is 24.1 Å². The van der Waals surface area contributed by atoms with E-state index in [-0.39, 0.29) is 5.41 Å². The number of rotatable bonds is 3. The molecule has 0 fully saturated rings. The number of nitriles is 1. The van der Waals surface area contributed by atoms with Crippen LogP contribution in [0.4, 0.5) is 0 Å². The number of nitrogens with two attached hydrogens (primary N) is 1. The minimum absolute atomic E-state index is 0.0406. The van der Waals surface area contributed by atoms with Crippen LogP contribution in [0.2, 0.25) is 0 Å². The van der Waals surface area contributed by atoms with Crippen LogP contribution in [0.25, 0.3) is 0 Å². The van der Waals surface area contributed by atoms with Gasteiger partial charge in [0, 0.05) is 16.7 Å². The zero-order valence-electron chi connectivity index (χ0n) is 8.44. The van der Waals surface area contributed by atoms with E-state index in [1.54, 1.807) is 0 Å². The predicted octanol–water partition coefficient (Wildman–Crippen LogP) is 2.57. The first-order valence-electron chi connectivity index (χ1n) is 4.38. The van der Waals surface area contributed by atoms with Gasteiger partial charge in [0.25, 0.3) is 0 Å². The fourth-order valence-corrected chi connectivity index (χ4v) is 0.929. The lowest BCUT2D eigenvalue weighted by Crippen LogP contribution is -2.22. The molecule has 0 aliphatic heterocycles. The third-order valence-corrected chi connectivity index (χ3v) is 2.43. The summed E-state index contributed by atoms with van der Waals surface area (Å²) in [6.45, 7) is 8.17. The van der Waals surface area contributed by atoms with Crippen LogP contribution < -0.4 is 5.73 Å². The Morgan fingerprint density at radius 3 is 2.17 bits per heavy atom. The van der Waals surface area contributed by atoms with E-state index in [9.17, 15) is 0 Å². The molecule has 0 aromatic carbocycles. The summed E-state index contributed by atoms with van der Waals surface area (Å²) in [6, 6.07) is 2.15. The molecule has 0 atom stereocenters. The van der Waals surface area contributed by atoms with E-state index in [1.807, 2.05) is 6.92 Å². The molecule has 68 valence electrons. The van der Waals surface area contributed by atoms with Crippen molar-refractivity contribution in [1.82, 2.24) is 0 Å². The summed E-state index contributed by atoms with van der Waals surface area (Å²) in [6.07, 6.45) is 1.69. The zero-order valence-corrected chi connectivity index (χ0v) is 8.44. The maximum Gasteiger partial charge on any atom is 0.0965 e. The van der Waals surface area contributed by atoms with Gasteiger partial charge in [-0.25, -0.2) is 0 Å². The number of hydrogen-bond donors (Lipinski definition) is 1. The van der Waals surface area contributed by atoms with Crippen LogP contribution in [-0.2, 0) is 0 Å². The Morgan fingerprint density at radius 1 is 1.42 bits per heavy atom. The molecule has 0 rings (SSSR count). The second kappa shape index (κ2) is 4.15. The lowest BCUT2D eigenvalue weighted by atomic mass is 9.84. The Hall–Kier alpha value is -0.970. The molecule has 2 heteroatoms. The fourth-order valence-electron chi connectivity index (χ4n) is 0.929. The van der Waals surface area contributed by atoms with Crippen molar-refractivity contribution in [2.45, 2.75) is 40.5 Å². The molecule has 0 aromatic heterocycles. The summed E-state index contributed by atoms with van der Waals surface area (Å²) in [7, 11) is 0. The van der Waals surface area contributed by atoms with Gasteiger partial charge in [-0.05, 0) is 12.8 Å². The third-order valence-electron chi connectivity index (χ3n) is 2.43. The van der Waals surface area contributed by atoms with Crippen LogP contribution in [0, 0.1) is 16.7 Å². The molecular weight excluding hydrogens is 148 g/mol. The molecule has 2 N–H and O–H groups in total. The van der Waals surface area contributed by atoms with Gasteiger partial charge in [0.15, 0.2) is 0 Å². The van der Waals surface area contributed by atoms with Crippen molar-refractivity contribution in [1.29, 1.82) is 5.26 Å². The molecule has 0 amide bonds. The Balaban J connectivity index is 4.89. The highest BCUT2D eigenvalue weighted by molar-refractivity contribution is 5.29. The van der Waals surface area contributed by atoms with Crippen LogP contribution >= 0.6 is 0 Å². The van der Waals surface area contributed by atoms with Crippen molar-refractivity contribution in [3.05, 3.63) is 11.3 Å². The topological polar surface area (TPSA) is 49.8 Å². The van der Waals surface area contributed by atoms with Gasteiger partial charge in [0.1, 0.15) is 0 Å². The highest BCUT2D eigenvalue weighted by Gasteiger charge is 2.21. The van der Waals surface area contributed by atoms with Crippen molar-refractivity contribution in [3.8, 4) is 6.07 Å². The molecule has 0 saturated carbocycles. The quantitative estimate of drug-likeness (QED) is 0.655. The average molecular weight is 166 g/mol. The van der Waals surface area contributed by atoms with Gasteiger partial charge in [0.2, 0.25) is 0 Å². The minimum atomic E-state index is -0.0406. The van der Waals surface area contributed by atoms with Crippen molar-refractivity contribution >= 4 is 0 Å². The molecule has 0 heterocycles. The largest absolute Gasteiger partial charge is 0.401 e. The standard InChI is InChI=1S/C10H18N2/c1-5-8(7-11)9(12)10(3,4)6-2/h5-6,12H2,1-4H3/b9-8+. The van der Waals surface area contributed by atoms with Gasteiger partial charge >= 0.3 is 0 Å². The van der Waals surface area contributed by atoms with Crippen molar-refractivity contribution in [2.75, 3.05) is 0 Å². The molecule has 0 unspecified atom stereocenters. The lowest BCUT2D eigenvalue weighted by molar-refractivity contribution is 0.420. The van der Waals surface area contributed by atoms with Gasteiger partial charge in [0.05, 0.1) is 6.07 Å². The Morgan fingerprint density at radius 2 is 1.92 bits per heavy atom. The first kappa shape index (κ1) is 11.0. The number of hydrogen-bond acceptors (Lipinski definition) is 2. The Bertz CT molecular complexity index is 218. The number of allylic oxidation sites excluding steroid dienone is 2. The van der Waals surface area contributed by atoms with Gasteiger partial charge in [-0.1, -0.05) is 27.7 Å². The molecule has 0 saturated heterocycles. The Labute approximate surface area is 75.1 Å². The van der Waals surface area contributed by atoms with E-state index < -0.39 is 0 Å². The van der Waals surface area contributed by atoms with Crippen LogP contribution in [-0.4, -0.2) is 0 Å². The summed E-state index contributed by atoms with van der Waals surface area (Å²) < 4.78 is 0. The van der Waals surface area contributed by atoms with Crippen molar-refractivity contribution < 1.29 is 0 Å². The summed E-state index contributed by atoms with van der Waals surface area (Å²) >= 11 is 0. The summed E-state index contributed by atoms with van der Waals surface area (Å²) in [4.78, 5) is 0. The molecular formula is C10H18N2. The molecule has 0 aliphatic carbocycles. The maximum atomic E-state index is 8.77. The maximum absolute atomic E-state index is 8.77.